The van der Waals surface area contributed by atoms with Crippen molar-refractivity contribution in [3.05, 3.63) is 29.8 Å². The molecule has 0 radical (unpaired) electrons. The van der Waals surface area contributed by atoms with E-state index in [0.29, 0.717) is 24.1 Å². The Morgan fingerprint density at radius 3 is 2.62 bits per heavy atom. The summed E-state index contributed by atoms with van der Waals surface area (Å²) in [6.07, 6.45) is 3.24. The van der Waals surface area contributed by atoms with Crippen molar-refractivity contribution in [1.29, 1.82) is 0 Å². The maximum absolute atomic E-state index is 13.3. The summed E-state index contributed by atoms with van der Waals surface area (Å²) in [4.78, 5) is 25.2. The van der Waals surface area contributed by atoms with E-state index in [0.717, 1.165) is 25.8 Å². The lowest BCUT2D eigenvalue weighted by Gasteiger charge is -2.35. The summed E-state index contributed by atoms with van der Waals surface area (Å²) in [5.74, 6) is -0.153. The summed E-state index contributed by atoms with van der Waals surface area (Å²) in [5, 5.41) is 6.07. The quantitative estimate of drug-likeness (QED) is 0.654. The number of nitrogens with one attached hydrogen (secondary N) is 3. The zero-order valence-corrected chi connectivity index (χ0v) is 17.8. The van der Waals surface area contributed by atoms with E-state index >= 15 is 0 Å². The van der Waals surface area contributed by atoms with Crippen molar-refractivity contribution < 1.29 is 18.0 Å². The predicted octanol–water partition coefficient (Wildman–Crippen LogP) is 1.94. The Bertz CT molecular complexity index is 937. The van der Waals surface area contributed by atoms with Crippen LogP contribution in [0.3, 0.4) is 0 Å². The van der Waals surface area contributed by atoms with Crippen LogP contribution in [0.2, 0.25) is 0 Å². The molecule has 1 aromatic carbocycles. The maximum atomic E-state index is 13.3. The van der Waals surface area contributed by atoms with Gasteiger partial charge in [-0.1, -0.05) is 32.0 Å². The van der Waals surface area contributed by atoms with E-state index < -0.39 is 20.2 Å². The number of hydrogen-bond donors (Lipinski definition) is 3. The highest BCUT2D eigenvalue weighted by atomic mass is 32.2. The second-order valence-electron chi connectivity index (χ2n) is 9.03. The number of rotatable bonds is 6. The lowest BCUT2D eigenvalue weighted by Crippen LogP contribution is -2.55. The largest absolute Gasteiger partial charge is 0.324 e. The van der Waals surface area contributed by atoms with Crippen LogP contribution in [0.1, 0.15) is 51.5 Å². The Labute approximate surface area is 172 Å². The zero-order valence-electron chi connectivity index (χ0n) is 17.0. The number of Topliss-reactive ketones (excluding diaryl/α,β-unsaturated/α-hetero) is 1. The number of anilines is 1. The molecule has 2 bridgehead atoms. The third kappa shape index (κ3) is 3.12. The number of para-hydroxylation sites is 1. The minimum Gasteiger partial charge on any atom is -0.324 e. The van der Waals surface area contributed by atoms with Crippen molar-refractivity contribution in [2.75, 3.05) is 11.9 Å². The average molecular weight is 420 g/mol. The van der Waals surface area contributed by atoms with E-state index in [9.17, 15) is 18.0 Å². The second-order valence-corrected chi connectivity index (χ2v) is 11.0. The zero-order chi connectivity index (χ0) is 20.9. The van der Waals surface area contributed by atoms with Crippen molar-refractivity contribution in [2.24, 2.45) is 11.3 Å². The Balaban J connectivity index is 1.52. The van der Waals surface area contributed by atoms with Crippen LogP contribution >= 0.6 is 0 Å². The number of carbonyl (C=O) groups is 2. The van der Waals surface area contributed by atoms with Crippen LogP contribution in [0.4, 0.5) is 5.69 Å². The molecule has 1 heterocycles. The fraction of sp³-hybridized carbons (Fsp3) is 0.619. The van der Waals surface area contributed by atoms with Gasteiger partial charge in [-0.25, -0.2) is 13.1 Å². The van der Waals surface area contributed by atoms with Crippen molar-refractivity contribution in [2.45, 2.75) is 63.3 Å². The van der Waals surface area contributed by atoms with Crippen LogP contribution in [0, 0.1) is 11.3 Å². The highest BCUT2D eigenvalue weighted by molar-refractivity contribution is 7.91. The summed E-state index contributed by atoms with van der Waals surface area (Å²) in [6, 6.07) is 6.95. The number of carbonyl (C=O) groups excluding carboxylic acids is 2. The molecule has 0 spiro atoms. The van der Waals surface area contributed by atoms with E-state index in [1.807, 2.05) is 19.9 Å². The first-order valence-electron chi connectivity index (χ1n) is 10.3. The number of sulfonamides is 1. The summed E-state index contributed by atoms with van der Waals surface area (Å²) in [5.41, 5.74) is 0.696. The van der Waals surface area contributed by atoms with Gasteiger partial charge < -0.3 is 10.6 Å². The van der Waals surface area contributed by atoms with Crippen molar-refractivity contribution in [3.8, 4) is 0 Å². The van der Waals surface area contributed by atoms with Crippen molar-refractivity contribution >= 4 is 27.4 Å². The van der Waals surface area contributed by atoms with Crippen LogP contribution in [-0.2, 0) is 26.2 Å². The minimum absolute atomic E-state index is 0.0344. The van der Waals surface area contributed by atoms with Gasteiger partial charge in [-0.05, 0) is 55.2 Å². The molecule has 3 fully saturated rings. The van der Waals surface area contributed by atoms with Crippen LogP contribution in [0.5, 0.6) is 0 Å². The molecule has 7 nitrogen and oxygen atoms in total. The molecule has 1 aliphatic heterocycles. The van der Waals surface area contributed by atoms with Gasteiger partial charge in [0, 0.05) is 18.7 Å². The fourth-order valence-electron chi connectivity index (χ4n) is 5.49. The molecule has 3 N–H and O–H groups in total. The highest BCUT2D eigenvalue weighted by Crippen LogP contribution is 2.61. The first-order chi connectivity index (χ1) is 13.7. The molecule has 2 aliphatic carbocycles. The van der Waals surface area contributed by atoms with E-state index in [4.69, 9.17) is 0 Å². The molecule has 0 aromatic heterocycles. The maximum Gasteiger partial charge on any atom is 0.241 e. The molecule has 1 aromatic rings. The van der Waals surface area contributed by atoms with Gasteiger partial charge in [0.15, 0.2) is 5.78 Å². The molecule has 4 rings (SSSR count). The van der Waals surface area contributed by atoms with Crippen LogP contribution < -0.4 is 15.4 Å². The van der Waals surface area contributed by atoms with Crippen LogP contribution in [-0.4, -0.2) is 37.4 Å². The van der Waals surface area contributed by atoms with Gasteiger partial charge >= 0.3 is 0 Å². The van der Waals surface area contributed by atoms with Gasteiger partial charge in [-0.15, -0.1) is 0 Å². The van der Waals surface area contributed by atoms with E-state index in [2.05, 4.69) is 15.4 Å². The Morgan fingerprint density at radius 1 is 1.24 bits per heavy atom. The second kappa shape index (κ2) is 7.18. The molecular formula is C21H29N3O4S. The summed E-state index contributed by atoms with van der Waals surface area (Å²) in [7, 11) is -3.87. The van der Waals surface area contributed by atoms with Crippen LogP contribution in [0.25, 0.3) is 0 Å². The number of ketones is 1. The van der Waals surface area contributed by atoms with Crippen LogP contribution in [0.15, 0.2) is 24.3 Å². The van der Waals surface area contributed by atoms with E-state index in [-0.39, 0.29) is 30.2 Å². The standard InChI is InChI=1S/C21H29N3O4S/c1-20(2)15-9-10-21(20,18(25)12-15)29(27,28)23-13-14-6-3-4-7-16(14)24-19(26)17-8-5-11-22-17/h3-4,6-7,15,17,22-23H,5,8-13H2,1-2H3,(H,24,26)/t15-,17+,21-/m1/s1. The van der Waals surface area contributed by atoms with Gasteiger partial charge in [0.2, 0.25) is 15.9 Å². The number of amides is 1. The molecule has 8 heteroatoms. The molecule has 2 saturated carbocycles. The van der Waals surface area contributed by atoms with E-state index in [1.165, 1.54) is 0 Å². The predicted molar refractivity (Wildman–Crippen MR) is 111 cm³/mol. The molecule has 29 heavy (non-hydrogen) atoms. The van der Waals surface area contributed by atoms with Gasteiger partial charge in [-0.3, -0.25) is 9.59 Å². The van der Waals surface area contributed by atoms with Gasteiger partial charge in [0.25, 0.3) is 0 Å². The SMILES string of the molecule is CC1(C)[C@@H]2CC[C@@]1(S(=O)(=O)NCc1ccccc1NC(=O)[C@@H]1CCCN1)C(=O)C2. The Morgan fingerprint density at radius 2 is 2.00 bits per heavy atom. The van der Waals surface area contributed by atoms with Gasteiger partial charge in [0.05, 0.1) is 6.04 Å². The van der Waals surface area contributed by atoms with Crippen molar-refractivity contribution in [3.63, 3.8) is 0 Å². The fourth-order valence-corrected chi connectivity index (χ4v) is 7.71. The molecule has 158 valence electrons. The molecule has 3 aliphatic rings. The number of benzene rings is 1. The third-order valence-corrected chi connectivity index (χ3v) is 9.75. The first kappa shape index (κ1) is 20.5. The number of hydrogen-bond acceptors (Lipinski definition) is 5. The third-order valence-electron chi connectivity index (χ3n) is 7.35. The monoisotopic (exact) mass is 419 g/mol. The lowest BCUT2D eigenvalue weighted by atomic mass is 9.81. The molecule has 1 saturated heterocycles. The van der Waals surface area contributed by atoms with Crippen molar-refractivity contribution in [1.82, 2.24) is 10.0 Å². The first-order valence-corrected chi connectivity index (χ1v) is 11.8. The summed E-state index contributed by atoms with van der Waals surface area (Å²) >= 11 is 0. The topological polar surface area (TPSA) is 104 Å². The Hall–Kier alpha value is -1.77. The minimum atomic E-state index is -3.87. The smallest absolute Gasteiger partial charge is 0.241 e. The van der Waals surface area contributed by atoms with Gasteiger partial charge in [-0.2, -0.15) is 0 Å². The van der Waals surface area contributed by atoms with Gasteiger partial charge in [0.1, 0.15) is 4.75 Å². The summed E-state index contributed by atoms with van der Waals surface area (Å²) in [6.45, 7) is 4.66. The highest BCUT2D eigenvalue weighted by Gasteiger charge is 2.70. The average Bonchev–Trinajstić information content (AvgIpc) is 3.34. The lowest BCUT2D eigenvalue weighted by molar-refractivity contribution is -0.121. The molecular weight excluding hydrogens is 390 g/mol. The normalized spacial score (nSPS) is 30.6. The Kier molecular flexibility index (Phi) is 5.07. The number of fused-ring (bicyclic) bond motifs is 2. The summed E-state index contributed by atoms with van der Waals surface area (Å²) < 4.78 is 28.0. The molecule has 3 atom stereocenters. The molecule has 0 unspecified atom stereocenters. The molecule has 1 amide bonds. The van der Waals surface area contributed by atoms with E-state index in [1.54, 1.807) is 18.2 Å².